The van der Waals surface area contributed by atoms with E-state index in [2.05, 4.69) is 12.2 Å². The number of benzene rings is 2. The molecule has 0 unspecified atom stereocenters. The summed E-state index contributed by atoms with van der Waals surface area (Å²) in [5.74, 6) is -0.202. The molecule has 1 amide bonds. The molecule has 6 nitrogen and oxygen atoms in total. The molecule has 2 aromatic rings. The average Bonchev–Trinajstić information content (AvgIpc) is 2.71. The van der Waals surface area contributed by atoms with Crippen LogP contribution in [0.15, 0.2) is 60.7 Å². The number of amides is 1. The minimum Gasteiger partial charge on any atom is -0.790 e. The van der Waals surface area contributed by atoms with Crippen molar-refractivity contribution in [3.8, 4) is 0 Å². The van der Waals surface area contributed by atoms with Gasteiger partial charge in [-0.1, -0.05) is 93.3 Å². The number of nitrogens with one attached hydrogen (secondary N) is 1. The number of phosphoric ester groups is 1. The Morgan fingerprint density at radius 3 is 1.94 bits per heavy atom. The Morgan fingerprint density at radius 1 is 0.903 bits per heavy atom. The van der Waals surface area contributed by atoms with E-state index in [-0.39, 0.29) is 65.0 Å². The molecule has 0 radical (unpaired) electrons. The standard InChI is InChI=1S/C22H30NO5P.2Na/c1-2-3-4-5-12-17-20(24)23-21(18-13-8-6-9-14-18)22(28-29(25,26)27)19-15-10-7-11-16-19;;/h6-11,13-16,21-22H,2-5,12,17H2,1H3,(H,23,24)(H2,25,26,27);;/q;2*+1/p-2/t21-,22+;;/m1../s1. The molecule has 158 valence electrons. The van der Waals surface area contributed by atoms with Gasteiger partial charge in [0.05, 0.1) is 13.9 Å². The fourth-order valence-corrected chi connectivity index (χ4v) is 3.75. The normalized spacial score (nSPS) is 12.7. The van der Waals surface area contributed by atoms with E-state index in [4.69, 9.17) is 4.52 Å². The molecule has 0 bridgehead atoms. The smallest absolute Gasteiger partial charge is 0.790 e. The summed E-state index contributed by atoms with van der Waals surface area (Å²) >= 11 is 0. The first kappa shape index (κ1) is 31.0. The quantitative estimate of drug-likeness (QED) is 0.219. The molecular weight excluding hydrogens is 435 g/mol. The summed E-state index contributed by atoms with van der Waals surface area (Å²) in [7, 11) is -5.29. The van der Waals surface area contributed by atoms with Crippen molar-refractivity contribution >= 4 is 13.7 Å². The summed E-state index contributed by atoms with van der Waals surface area (Å²) < 4.78 is 16.4. The molecule has 0 fully saturated rings. The van der Waals surface area contributed by atoms with E-state index in [0.717, 1.165) is 32.1 Å². The number of carbonyl (C=O) groups is 1. The monoisotopic (exact) mass is 463 g/mol. The number of rotatable bonds is 12. The Morgan fingerprint density at radius 2 is 1.42 bits per heavy atom. The number of phosphoric acid groups is 1. The van der Waals surface area contributed by atoms with E-state index < -0.39 is 20.0 Å². The first-order valence-electron chi connectivity index (χ1n) is 10.0. The van der Waals surface area contributed by atoms with Crippen molar-refractivity contribution in [3.63, 3.8) is 0 Å². The van der Waals surface area contributed by atoms with E-state index in [1.165, 1.54) is 0 Å². The SMILES string of the molecule is CCCCCCCC(=O)N[C@H](c1ccccc1)[C@@H](OP(=O)([O-])[O-])c1ccccc1.[Na+].[Na+]. The van der Waals surface area contributed by atoms with Gasteiger partial charge in [-0.05, 0) is 17.5 Å². The van der Waals surface area contributed by atoms with Gasteiger partial charge in [0.25, 0.3) is 0 Å². The summed E-state index contributed by atoms with van der Waals surface area (Å²) in [5, 5.41) is 2.88. The molecule has 2 rings (SSSR count). The summed E-state index contributed by atoms with van der Waals surface area (Å²) in [5.41, 5.74) is 1.16. The van der Waals surface area contributed by atoms with Crippen LogP contribution in [0.25, 0.3) is 0 Å². The van der Waals surface area contributed by atoms with E-state index in [1.807, 2.05) is 6.07 Å². The Balaban J connectivity index is 0.00000450. The van der Waals surface area contributed by atoms with E-state index in [1.54, 1.807) is 54.6 Å². The largest absolute Gasteiger partial charge is 1.00 e. The van der Waals surface area contributed by atoms with Gasteiger partial charge in [0, 0.05) is 6.42 Å². The van der Waals surface area contributed by atoms with Crippen molar-refractivity contribution in [2.75, 3.05) is 0 Å². The van der Waals surface area contributed by atoms with Crippen LogP contribution in [0.1, 0.15) is 68.7 Å². The summed E-state index contributed by atoms with van der Waals surface area (Å²) in [6.07, 6.45) is 4.25. The third-order valence-electron chi connectivity index (χ3n) is 4.66. The molecule has 2 aromatic carbocycles. The molecule has 0 saturated carbocycles. The van der Waals surface area contributed by atoms with Crippen molar-refractivity contribution < 1.29 is 82.8 Å². The van der Waals surface area contributed by atoms with Crippen molar-refractivity contribution in [2.45, 2.75) is 57.6 Å². The minimum atomic E-state index is -5.29. The van der Waals surface area contributed by atoms with Crippen LogP contribution in [-0.4, -0.2) is 5.91 Å². The first-order chi connectivity index (χ1) is 13.9. The van der Waals surface area contributed by atoms with Crippen molar-refractivity contribution in [1.82, 2.24) is 5.32 Å². The predicted molar refractivity (Wildman–Crippen MR) is 109 cm³/mol. The van der Waals surface area contributed by atoms with E-state index in [9.17, 15) is 19.1 Å². The molecule has 0 saturated heterocycles. The molecule has 0 aromatic heterocycles. The minimum absolute atomic E-state index is 0. The van der Waals surface area contributed by atoms with E-state index >= 15 is 0 Å². The zero-order chi connectivity index (χ0) is 21.1. The van der Waals surface area contributed by atoms with Crippen LogP contribution in [0.4, 0.5) is 0 Å². The zero-order valence-electron chi connectivity index (χ0n) is 18.7. The van der Waals surface area contributed by atoms with Gasteiger partial charge in [-0.15, -0.1) is 0 Å². The first-order valence-corrected chi connectivity index (χ1v) is 11.5. The second-order valence-corrected chi connectivity index (χ2v) is 8.11. The van der Waals surface area contributed by atoms with Gasteiger partial charge in [-0.25, -0.2) is 0 Å². The number of hydrogen-bond acceptors (Lipinski definition) is 5. The fraction of sp³-hybridized carbons (Fsp3) is 0.409. The van der Waals surface area contributed by atoms with Crippen LogP contribution in [0.5, 0.6) is 0 Å². The van der Waals surface area contributed by atoms with Crippen LogP contribution in [0.3, 0.4) is 0 Å². The maximum atomic E-state index is 12.6. The predicted octanol–water partition coefficient (Wildman–Crippen LogP) is -2.20. The average molecular weight is 463 g/mol. The molecule has 0 aliphatic rings. The van der Waals surface area contributed by atoms with Gasteiger partial charge in [0.2, 0.25) is 5.91 Å². The molecule has 0 spiro atoms. The molecule has 0 aliphatic carbocycles. The fourth-order valence-electron chi connectivity index (χ4n) is 3.22. The second-order valence-electron chi connectivity index (χ2n) is 7.00. The maximum Gasteiger partial charge on any atom is 1.00 e. The van der Waals surface area contributed by atoms with Gasteiger partial charge >= 0.3 is 59.1 Å². The molecule has 31 heavy (non-hydrogen) atoms. The van der Waals surface area contributed by atoms with Crippen LogP contribution in [0.2, 0.25) is 0 Å². The molecule has 1 N–H and O–H groups in total. The Bertz CT molecular complexity index is 789. The van der Waals surface area contributed by atoms with Crippen LogP contribution in [-0.2, 0) is 13.9 Å². The summed E-state index contributed by atoms with van der Waals surface area (Å²) in [6.45, 7) is 2.13. The zero-order valence-corrected chi connectivity index (χ0v) is 23.6. The Labute approximate surface area is 229 Å². The van der Waals surface area contributed by atoms with Gasteiger partial charge < -0.3 is 24.2 Å². The second kappa shape index (κ2) is 16.6. The molecule has 0 aliphatic heterocycles. The number of hydrogen-bond donors (Lipinski definition) is 1. The third-order valence-corrected chi connectivity index (χ3v) is 5.14. The van der Waals surface area contributed by atoms with Crippen LogP contribution in [0, 0.1) is 0 Å². The Kier molecular flexibility index (Phi) is 16.6. The summed E-state index contributed by atoms with van der Waals surface area (Å²) in [4.78, 5) is 35.5. The van der Waals surface area contributed by atoms with E-state index in [0.29, 0.717) is 17.5 Å². The van der Waals surface area contributed by atoms with Crippen molar-refractivity contribution in [2.24, 2.45) is 0 Å². The van der Waals surface area contributed by atoms with Gasteiger partial charge in [-0.2, -0.15) is 0 Å². The molecule has 2 atom stereocenters. The molecular formula is C22H28NNa2O5P. The van der Waals surface area contributed by atoms with Crippen molar-refractivity contribution in [1.29, 1.82) is 0 Å². The Hall–Kier alpha value is 0.0200. The molecule has 0 heterocycles. The van der Waals surface area contributed by atoms with Crippen LogP contribution < -0.4 is 74.2 Å². The van der Waals surface area contributed by atoms with Gasteiger partial charge in [0.15, 0.2) is 0 Å². The van der Waals surface area contributed by atoms with Gasteiger partial charge in [0.1, 0.15) is 6.10 Å². The third kappa shape index (κ3) is 12.2. The topological polar surface area (TPSA) is 102 Å². The maximum absolute atomic E-state index is 12.6. The molecule has 9 heteroatoms. The number of carbonyl (C=O) groups excluding carboxylic acids is 1. The van der Waals surface area contributed by atoms with Gasteiger partial charge in [-0.3, -0.25) is 4.79 Å². The van der Waals surface area contributed by atoms with Crippen molar-refractivity contribution in [3.05, 3.63) is 71.8 Å². The number of unbranched alkanes of at least 4 members (excludes halogenated alkanes) is 4. The van der Waals surface area contributed by atoms with Crippen LogP contribution >= 0.6 is 7.82 Å². The summed E-state index contributed by atoms with van der Waals surface area (Å²) in [6, 6.07) is 16.7.